The highest BCUT2D eigenvalue weighted by Crippen LogP contribution is 2.23. The molecule has 3 aliphatic rings. The molecule has 1 aromatic carbocycles. The lowest BCUT2D eigenvalue weighted by Gasteiger charge is -2.32. The number of likely N-dealkylation sites (tertiary alicyclic amines) is 1. The number of fused-ring (bicyclic) bond motifs is 1. The summed E-state index contributed by atoms with van der Waals surface area (Å²) in [6, 6.07) is 13.5. The van der Waals surface area contributed by atoms with Gasteiger partial charge in [0, 0.05) is 117 Å². The number of hydrogen-bond donors (Lipinski definition) is 4. The first-order chi connectivity index (χ1) is 32.6. The summed E-state index contributed by atoms with van der Waals surface area (Å²) in [5, 5.41) is 35.7. The molecule has 2 amide bonds. The average Bonchev–Trinajstić information content (AvgIpc) is 3.88. The van der Waals surface area contributed by atoms with Crippen molar-refractivity contribution in [2.75, 3.05) is 120 Å². The zero-order chi connectivity index (χ0) is 49.0. The van der Waals surface area contributed by atoms with Crippen molar-refractivity contribution < 1.29 is 48.8 Å². The normalized spacial score (nSPS) is 17.8. The predicted molar refractivity (Wildman–Crippen MR) is 250 cm³/mol. The van der Waals surface area contributed by atoms with E-state index >= 15 is 0 Å². The molecular formula is C47H68N10O10. The van der Waals surface area contributed by atoms with E-state index in [1.54, 1.807) is 29.3 Å². The van der Waals surface area contributed by atoms with Gasteiger partial charge in [0.15, 0.2) is 0 Å². The fourth-order valence-corrected chi connectivity index (χ4v) is 7.94. The quantitative estimate of drug-likeness (QED) is 0.101. The molecule has 0 spiro atoms. The van der Waals surface area contributed by atoms with Gasteiger partial charge in [-0.05, 0) is 69.1 Å². The number of carbonyl (C=O) groups is 6. The number of nitrogens with zero attached hydrogens (tertiary/aromatic N) is 9. The Morgan fingerprint density at radius 1 is 0.896 bits per heavy atom. The third kappa shape index (κ3) is 18.4. The summed E-state index contributed by atoms with van der Waals surface area (Å²) < 4.78 is 5.96. The van der Waals surface area contributed by atoms with Crippen LogP contribution in [-0.2, 0) is 25.7 Å². The second kappa shape index (κ2) is 31.2. The molecule has 3 fully saturated rings. The van der Waals surface area contributed by atoms with Crippen LogP contribution in [-0.4, -0.2) is 223 Å². The van der Waals surface area contributed by atoms with E-state index in [0.29, 0.717) is 113 Å². The maximum absolute atomic E-state index is 12.9. The van der Waals surface area contributed by atoms with Crippen LogP contribution in [0, 0.1) is 11.3 Å². The van der Waals surface area contributed by atoms with E-state index in [1.807, 2.05) is 28.0 Å². The second-order valence-corrected chi connectivity index (χ2v) is 16.0. The second-order valence-electron chi connectivity index (χ2n) is 16.0. The lowest BCUT2D eigenvalue weighted by atomic mass is 10.1. The lowest BCUT2D eigenvalue weighted by Crippen LogP contribution is -2.44. The standard InChI is InChI=1S/C25H32N6O3.C20H28N4O5.2CH4O/c1-29-11-13-30(14-12-29)9-3-15-34-20-5-6-23-22(16-20)21(7-8-27-23)25(33)28-18-24(32)31-10-2-4-19(31)17-26;25-13-2-4-18(16-27)24-10-8-22(12-14-26)6-7-23(9-11-24)15-17-3-1-5-19(21-17)20(28)29;2*1-2/h5-8,16,19H,2-4,9-15,18H2,1H3,(H,28,33);1,3,5,13-14,16,18H,2,4,6-12,15H2,(H,28,29);2*2H,1H3. The fraction of sp³-hybridized carbons (Fsp3) is 0.553. The number of amides is 2. The van der Waals surface area contributed by atoms with E-state index in [0.717, 1.165) is 78.6 Å². The zero-order valence-corrected chi connectivity index (χ0v) is 39.1. The number of rotatable bonds is 18. The Bertz CT molecular complexity index is 2050. The molecule has 2 unspecified atom stereocenters. The summed E-state index contributed by atoms with van der Waals surface area (Å²) in [7, 11) is 4.15. The molecular weight excluding hydrogens is 865 g/mol. The Balaban J connectivity index is 0.000000335. The highest BCUT2D eigenvalue weighted by atomic mass is 16.5. The number of aromatic carboxylic acids is 1. The number of piperazine rings is 1. The van der Waals surface area contributed by atoms with Crippen LogP contribution in [0.15, 0.2) is 48.7 Å². The molecule has 0 saturated carbocycles. The third-order valence-corrected chi connectivity index (χ3v) is 11.7. The van der Waals surface area contributed by atoms with E-state index < -0.39 is 12.0 Å². The van der Waals surface area contributed by atoms with Crippen molar-refractivity contribution in [2.24, 2.45) is 0 Å². The SMILES string of the molecule is CN1CCN(CCCOc2ccc3nccc(C(=O)NCC(=O)N4CCCC4C#N)c3c2)CC1.CO.CO.O=CCCC(C=O)N1CCN(CC=O)CCN(Cc2cccc(C(=O)O)n2)CC1. The molecule has 2 aromatic heterocycles. The lowest BCUT2D eigenvalue weighted by molar-refractivity contribution is -0.130. The highest BCUT2D eigenvalue weighted by molar-refractivity contribution is 6.07. The fourth-order valence-electron chi connectivity index (χ4n) is 7.94. The first kappa shape index (κ1) is 55.5. The van der Waals surface area contributed by atoms with E-state index in [2.05, 4.69) is 43.1 Å². The van der Waals surface area contributed by atoms with Gasteiger partial charge in [-0.2, -0.15) is 5.26 Å². The minimum atomic E-state index is -1.07. The summed E-state index contributed by atoms with van der Waals surface area (Å²) in [6.07, 6.45) is 7.39. The van der Waals surface area contributed by atoms with Crippen LogP contribution in [0.4, 0.5) is 0 Å². The number of hydrogen-bond acceptors (Lipinski definition) is 17. The molecule has 5 heterocycles. The van der Waals surface area contributed by atoms with Crippen molar-refractivity contribution in [3.63, 3.8) is 0 Å². The van der Waals surface area contributed by atoms with Crippen molar-refractivity contribution in [3.8, 4) is 11.8 Å². The van der Waals surface area contributed by atoms with Gasteiger partial charge in [0.25, 0.3) is 5.91 Å². The van der Waals surface area contributed by atoms with Gasteiger partial charge in [-0.1, -0.05) is 6.07 Å². The monoisotopic (exact) mass is 933 g/mol. The molecule has 366 valence electrons. The number of aliphatic hydroxyl groups excluding tert-OH is 2. The smallest absolute Gasteiger partial charge is 0.354 e. The van der Waals surface area contributed by atoms with Crippen LogP contribution in [0.3, 0.4) is 0 Å². The molecule has 20 nitrogen and oxygen atoms in total. The van der Waals surface area contributed by atoms with Crippen molar-refractivity contribution in [1.82, 2.24) is 44.7 Å². The summed E-state index contributed by atoms with van der Waals surface area (Å²) in [5.41, 5.74) is 1.79. The van der Waals surface area contributed by atoms with Crippen LogP contribution < -0.4 is 10.1 Å². The number of carboxylic acids is 1. The zero-order valence-electron chi connectivity index (χ0n) is 39.1. The summed E-state index contributed by atoms with van der Waals surface area (Å²) in [4.78, 5) is 90.9. The largest absolute Gasteiger partial charge is 0.494 e. The summed E-state index contributed by atoms with van der Waals surface area (Å²) in [5.74, 6) is -0.956. The summed E-state index contributed by atoms with van der Waals surface area (Å²) in [6.45, 7) is 11.2. The van der Waals surface area contributed by atoms with Crippen LogP contribution in [0.1, 0.15) is 58.6 Å². The molecule has 3 aromatic rings. The van der Waals surface area contributed by atoms with Gasteiger partial charge >= 0.3 is 5.97 Å². The Morgan fingerprint density at radius 2 is 1.60 bits per heavy atom. The van der Waals surface area contributed by atoms with Crippen LogP contribution in [0.25, 0.3) is 10.9 Å². The molecule has 3 aliphatic heterocycles. The van der Waals surface area contributed by atoms with Gasteiger partial charge in [-0.15, -0.1) is 0 Å². The number of aldehydes is 3. The van der Waals surface area contributed by atoms with E-state index in [4.69, 9.17) is 20.1 Å². The topological polar surface area (TPSA) is 253 Å². The predicted octanol–water partition coefficient (Wildman–Crippen LogP) is 0.657. The number of ether oxygens (including phenoxy) is 1. The molecule has 4 N–H and O–H groups in total. The first-order valence-electron chi connectivity index (χ1n) is 22.6. The molecule has 3 saturated heterocycles. The van der Waals surface area contributed by atoms with E-state index in [9.17, 15) is 34.0 Å². The first-order valence-corrected chi connectivity index (χ1v) is 22.6. The molecule has 0 radical (unpaired) electrons. The summed E-state index contributed by atoms with van der Waals surface area (Å²) >= 11 is 0. The maximum Gasteiger partial charge on any atom is 0.354 e. The number of benzene rings is 1. The molecule has 2 atom stereocenters. The van der Waals surface area contributed by atoms with Crippen molar-refractivity contribution in [1.29, 1.82) is 5.26 Å². The van der Waals surface area contributed by atoms with Gasteiger partial charge in [0.05, 0.1) is 48.6 Å². The number of likely N-dealkylation sites (N-methyl/N-ethyl adjacent to an activating group) is 1. The van der Waals surface area contributed by atoms with Crippen molar-refractivity contribution in [3.05, 3.63) is 65.6 Å². The van der Waals surface area contributed by atoms with Crippen molar-refractivity contribution in [2.45, 2.75) is 50.7 Å². The number of pyridine rings is 2. The third-order valence-electron chi connectivity index (χ3n) is 11.7. The number of carboxylic acid groups (broad SMARTS) is 1. The molecule has 0 bridgehead atoms. The van der Waals surface area contributed by atoms with E-state index in [-0.39, 0.29) is 30.1 Å². The van der Waals surface area contributed by atoms with Gasteiger partial charge < -0.3 is 54.5 Å². The van der Waals surface area contributed by atoms with Gasteiger partial charge in [0.1, 0.15) is 36.3 Å². The van der Waals surface area contributed by atoms with Gasteiger partial charge in [0.2, 0.25) is 5.91 Å². The molecule has 0 aliphatic carbocycles. The van der Waals surface area contributed by atoms with Crippen molar-refractivity contribution >= 4 is 47.5 Å². The minimum absolute atomic E-state index is 0.00542. The Hall–Kier alpha value is -5.79. The molecule has 20 heteroatoms. The van der Waals surface area contributed by atoms with Crippen LogP contribution in [0.2, 0.25) is 0 Å². The van der Waals surface area contributed by atoms with E-state index in [1.165, 1.54) is 6.07 Å². The minimum Gasteiger partial charge on any atom is -0.494 e. The Morgan fingerprint density at radius 3 is 2.28 bits per heavy atom. The number of carbonyl (C=O) groups excluding carboxylic acids is 5. The van der Waals surface area contributed by atoms with Gasteiger partial charge in [-0.25, -0.2) is 9.78 Å². The van der Waals surface area contributed by atoms with Crippen LogP contribution in [0.5, 0.6) is 5.75 Å². The average molecular weight is 933 g/mol. The Kier molecular flexibility index (Phi) is 25.9. The number of nitrogens with one attached hydrogen (secondary N) is 1. The Labute approximate surface area is 393 Å². The molecule has 67 heavy (non-hydrogen) atoms. The maximum atomic E-state index is 12.9. The number of aromatic nitrogens is 2. The van der Waals surface area contributed by atoms with Gasteiger partial charge in [-0.3, -0.25) is 29.3 Å². The number of aliphatic hydroxyl groups is 2. The van der Waals surface area contributed by atoms with Crippen LogP contribution >= 0.6 is 0 Å². The number of nitriles is 1. The molecule has 6 rings (SSSR count). The highest BCUT2D eigenvalue weighted by Gasteiger charge is 2.29.